The van der Waals surface area contributed by atoms with E-state index in [1.807, 2.05) is 0 Å². The fourth-order valence-electron chi connectivity index (χ4n) is 2.68. The predicted molar refractivity (Wildman–Crippen MR) is 79.9 cm³/mol. The molecule has 3 heteroatoms. The van der Waals surface area contributed by atoms with E-state index >= 15 is 0 Å². The van der Waals surface area contributed by atoms with Crippen molar-refractivity contribution >= 4 is 12.6 Å². The number of hydrogen-bond acceptors (Lipinski definition) is 3. The lowest BCUT2D eigenvalue weighted by Gasteiger charge is -2.35. The van der Waals surface area contributed by atoms with Crippen molar-refractivity contribution in [1.29, 1.82) is 0 Å². The highest BCUT2D eigenvalue weighted by molar-refractivity contribution is 7.80. The minimum atomic E-state index is 0.753. The van der Waals surface area contributed by atoms with Crippen LogP contribution in [0.2, 0.25) is 0 Å². The number of piperidine rings is 1. The van der Waals surface area contributed by atoms with Crippen LogP contribution in [0.1, 0.15) is 26.7 Å². The van der Waals surface area contributed by atoms with Crippen LogP contribution in [0.25, 0.3) is 0 Å². The van der Waals surface area contributed by atoms with Crippen molar-refractivity contribution in [2.24, 2.45) is 17.8 Å². The van der Waals surface area contributed by atoms with Gasteiger partial charge in [0.1, 0.15) is 0 Å². The molecule has 2 nitrogen and oxygen atoms in total. The number of nitrogens with zero attached hydrogens (tertiary/aromatic N) is 2. The maximum atomic E-state index is 4.48. The van der Waals surface area contributed by atoms with Crippen LogP contribution in [0.5, 0.6) is 0 Å². The maximum absolute atomic E-state index is 4.48. The normalized spacial score (nSPS) is 21.4. The smallest absolute Gasteiger partial charge is 0.00199 e. The van der Waals surface area contributed by atoms with E-state index in [0.29, 0.717) is 0 Å². The van der Waals surface area contributed by atoms with Gasteiger partial charge in [0.2, 0.25) is 0 Å². The van der Waals surface area contributed by atoms with E-state index in [0.717, 1.165) is 23.5 Å². The Hall–Kier alpha value is 0.270. The first-order valence-corrected chi connectivity index (χ1v) is 7.64. The maximum Gasteiger partial charge on any atom is 0.00199 e. The zero-order valence-electron chi connectivity index (χ0n) is 12.0. The van der Waals surface area contributed by atoms with Gasteiger partial charge in [0.15, 0.2) is 0 Å². The first-order chi connectivity index (χ1) is 8.02. The molecule has 0 saturated carbocycles. The molecule has 0 aromatic rings. The summed E-state index contributed by atoms with van der Waals surface area (Å²) < 4.78 is 0. The van der Waals surface area contributed by atoms with Gasteiger partial charge in [0, 0.05) is 13.1 Å². The summed E-state index contributed by atoms with van der Waals surface area (Å²) in [4.78, 5) is 4.97. The molecule has 0 amide bonds. The van der Waals surface area contributed by atoms with Gasteiger partial charge in [-0.1, -0.05) is 13.8 Å². The molecule has 1 aliphatic heterocycles. The third-order valence-corrected chi connectivity index (χ3v) is 4.47. The molecule has 0 bridgehead atoms. The lowest BCUT2D eigenvalue weighted by molar-refractivity contribution is 0.138. The summed E-state index contributed by atoms with van der Waals surface area (Å²) in [6.45, 7) is 9.72. The summed E-state index contributed by atoms with van der Waals surface area (Å²) in [5.74, 6) is 3.44. The van der Waals surface area contributed by atoms with Gasteiger partial charge in [-0.15, -0.1) is 0 Å². The number of likely N-dealkylation sites (tertiary alicyclic amines) is 1. The van der Waals surface area contributed by atoms with Crippen LogP contribution in [-0.4, -0.2) is 55.8 Å². The van der Waals surface area contributed by atoms with Crippen LogP contribution in [0, 0.1) is 17.8 Å². The molecule has 1 unspecified atom stereocenters. The van der Waals surface area contributed by atoms with Crippen molar-refractivity contribution in [3.05, 3.63) is 0 Å². The van der Waals surface area contributed by atoms with Crippen molar-refractivity contribution in [3.63, 3.8) is 0 Å². The van der Waals surface area contributed by atoms with E-state index < -0.39 is 0 Å². The van der Waals surface area contributed by atoms with Gasteiger partial charge in [-0.05, 0) is 63.5 Å². The van der Waals surface area contributed by atoms with Crippen LogP contribution < -0.4 is 0 Å². The summed E-state index contributed by atoms with van der Waals surface area (Å²) in [5.41, 5.74) is 0. The largest absolute Gasteiger partial charge is 0.309 e. The van der Waals surface area contributed by atoms with Crippen LogP contribution in [0.15, 0.2) is 0 Å². The highest BCUT2D eigenvalue weighted by Gasteiger charge is 2.22. The molecular weight excluding hydrogens is 228 g/mol. The Morgan fingerprint density at radius 1 is 1.24 bits per heavy atom. The zero-order valence-corrected chi connectivity index (χ0v) is 12.9. The van der Waals surface area contributed by atoms with Gasteiger partial charge in [-0.3, -0.25) is 0 Å². The molecule has 0 aromatic heterocycles. The molecule has 1 atom stereocenters. The molecule has 0 N–H and O–H groups in total. The van der Waals surface area contributed by atoms with Crippen molar-refractivity contribution < 1.29 is 0 Å². The second-order valence-electron chi connectivity index (χ2n) is 6.19. The summed E-state index contributed by atoms with van der Waals surface area (Å²) in [5, 5.41) is 0. The number of rotatable bonds is 6. The minimum Gasteiger partial charge on any atom is -0.309 e. The van der Waals surface area contributed by atoms with E-state index in [1.165, 1.54) is 39.0 Å². The molecule has 17 heavy (non-hydrogen) atoms. The Bertz CT molecular complexity index is 198. The SMILES string of the molecule is CC(C)C(CS)CN1CCC(CN(C)C)CC1. The molecule has 1 heterocycles. The van der Waals surface area contributed by atoms with Crippen molar-refractivity contribution in [1.82, 2.24) is 9.80 Å². The zero-order chi connectivity index (χ0) is 12.8. The molecule has 1 aliphatic rings. The molecular formula is C14H30N2S. The Kier molecular flexibility index (Phi) is 6.90. The van der Waals surface area contributed by atoms with Crippen LogP contribution in [0.4, 0.5) is 0 Å². The highest BCUT2D eigenvalue weighted by atomic mass is 32.1. The summed E-state index contributed by atoms with van der Waals surface area (Å²) in [6.07, 6.45) is 2.74. The second-order valence-corrected chi connectivity index (χ2v) is 6.56. The van der Waals surface area contributed by atoms with E-state index in [-0.39, 0.29) is 0 Å². The fourth-order valence-corrected chi connectivity index (χ4v) is 3.22. The van der Waals surface area contributed by atoms with Crippen molar-refractivity contribution in [2.45, 2.75) is 26.7 Å². The summed E-state index contributed by atoms with van der Waals surface area (Å²) >= 11 is 4.48. The number of hydrogen-bond donors (Lipinski definition) is 1. The lowest BCUT2D eigenvalue weighted by Crippen LogP contribution is -2.40. The standard InChI is InChI=1S/C14H30N2S/c1-12(2)14(11-17)10-16-7-5-13(6-8-16)9-15(3)4/h12-14,17H,5-11H2,1-4H3. The van der Waals surface area contributed by atoms with Gasteiger partial charge in [-0.25, -0.2) is 0 Å². The predicted octanol–water partition coefficient (Wildman–Crippen LogP) is 2.46. The van der Waals surface area contributed by atoms with Gasteiger partial charge in [0.05, 0.1) is 0 Å². The lowest BCUT2D eigenvalue weighted by atomic mass is 9.93. The first-order valence-electron chi connectivity index (χ1n) is 7.00. The third-order valence-electron chi connectivity index (χ3n) is 4.00. The highest BCUT2D eigenvalue weighted by Crippen LogP contribution is 2.21. The number of thiol groups is 1. The Morgan fingerprint density at radius 3 is 2.24 bits per heavy atom. The van der Waals surface area contributed by atoms with Gasteiger partial charge >= 0.3 is 0 Å². The van der Waals surface area contributed by atoms with Gasteiger partial charge < -0.3 is 9.80 Å². The van der Waals surface area contributed by atoms with E-state index in [4.69, 9.17) is 0 Å². The molecule has 102 valence electrons. The molecule has 0 aliphatic carbocycles. The molecule has 0 aromatic carbocycles. The fraction of sp³-hybridized carbons (Fsp3) is 1.00. The Morgan fingerprint density at radius 2 is 1.82 bits per heavy atom. The second kappa shape index (κ2) is 7.65. The van der Waals surface area contributed by atoms with Gasteiger partial charge in [0.25, 0.3) is 0 Å². The average molecular weight is 258 g/mol. The van der Waals surface area contributed by atoms with Crippen molar-refractivity contribution in [2.75, 3.05) is 46.0 Å². The molecule has 1 saturated heterocycles. The quantitative estimate of drug-likeness (QED) is 0.731. The van der Waals surface area contributed by atoms with E-state index in [2.05, 4.69) is 50.4 Å². The topological polar surface area (TPSA) is 6.48 Å². The monoisotopic (exact) mass is 258 g/mol. The van der Waals surface area contributed by atoms with Gasteiger partial charge in [-0.2, -0.15) is 12.6 Å². The Balaban J connectivity index is 2.27. The molecule has 0 radical (unpaired) electrons. The summed E-state index contributed by atoms with van der Waals surface area (Å²) in [6, 6.07) is 0. The Labute approximate surface area is 113 Å². The molecule has 1 fully saturated rings. The van der Waals surface area contributed by atoms with E-state index in [1.54, 1.807) is 0 Å². The van der Waals surface area contributed by atoms with Crippen LogP contribution >= 0.6 is 12.6 Å². The van der Waals surface area contributed by atoms with Crippen LogP contribution in [0.3, 0.4) is 0 Å². The van der Waals surface area contributed by atoms with E-state index in [9.17, 15) is 0 Å². The molecule has 1 rings (SSSR count). The third kappa shape index (κ3) is 5.62. The molecule has 0 spiro atoms. The minimum absolute atomic E-state index is 0.753. The average Bonchev–Trinajstić information content (AvgIpc) is 2.26. The van der Waals surface area contributed by atoms with Crippen LogP contribution in [-0.2, 0) is 0 Å². The van der Waals surface area contributed by atoms with Crippen molar-refractivity contribution in [3.8, 4) is 0 Å². The first kappa shape index (κ1) is 15.3. The summed E-state index contributed by atoms with van der Waals surface area (Å²) in [7, 11) is 4.37.